The maximum atomic E-state index is 12.5. The monoisotopic (exact) mass is 287 g/mol. The molecule has 0 saturated heterocycles. The summed E-state index contributed by atoms with van der Waals surface area (Å²) in [6.07, 6.45) is 3.18. The summed E-state index contributed by atoms with van der Waals surface area (Å²) in [7, 11) is -3.68. The van der Waals surface area contributed by atoms with E-state index in [1.807, 2.05) is 0 Å². The third-order valence-corrected chi connectivity index (χ3v) is 4.84. The van der Waals surface area contributed by atoms with Crippen LogP contribution in [0.1, 0.15) is 19.4 Å². The van der Waals surface area contributed by atoms with E-state index in [0.29, 0.717) is 5.56 Å². The minimum atomic E-state index is -3.68. The SMILES string of the molecule is CCOP(=O)(OCC)C(Cc1cccnc1)C(=O)O. The number of hydrogen-bond donors (Lipinski definition) is 1. The number of carbonyl (C=O) groups is 1. The smallest absolute Gasteiger partial charge is 0.345 e. The van der Waals surface area contributed by atoms with Crippen LogP contribution in [0.3, 0.4) is 0 Å². The Balaban J connectivity index is 2.98. The molecule has 1 aromatic heterocycles. The Labute approximate surface area is 112 Å². The number of pyridine rings is 1. The van der Waals surface area contributed by atoms with E-state index in [1.54, 1.807) is 32.2 Å². The second-order valence-electron chi connectivity index (χ2n) is 3.79. The third kappa shape index (κ3) is 4.42. The molecule has 0 radical (unpaired) electrons. The molecule has 0 aliphatic rings. The van der Waals surface area contributed by atoms with E-state index in [4.69, 9.17) is 9.05 Å². The van der Waals surface area contributed by atoms with Crippen molar-refractivity contribution in [2.24, 2.45) is 0 Å². The van der Waals surface area contributed by atoms with E-state index in [2.05, 4.69) is 4.98 Å². The summed E-state index contributed by atoms with van der Waals surface area (Å²) in [5, 5.41) is 9.27. The molecule has 0 amide bonds. The molecule has 1 rings (SSSR count). The van der Waals surface area contributed by atoms with Gasteiger partial charge < -0.3 is 14.2 Å². The lowest BCUT2D eigenvalue weighted by molar-refractivity contribution is -0.137. The van der Waals surface area contributed by atoms with Gasteiger partial charge in [-0.3, -0.25) is 14.3 Å². The summed E-state index contributed by atoms with van der Waals surface area (Å²) in [4.78, 5) is 15.3. The second-order valence-corrected chi connectivity index (χ2v) is 6.01. The highest BCUT2D eigenvalue weighted by Crippen LogP contribution is 2.54. The molecule has 0 aromatic carbocycles. The van der Waals surface area contributed by atoms with Gasteiger partial charge in [-0.05, 0) is 31.9 Å². The molecule has 0 spiro atoms. The lowest BCUT2D eigenvalue weighted by atomic mass is 10.1. The fourth-order valence-electron chi connectivity index (χ4n) is 1.65. The molecular formula is C12H18NO5P. The Hall–Kier alpha value is -1.23. The standard InChI is InChI=1S/C12H18NO5P/c1-3-17-19(16,18-4-2)11(12(14)15)8-10-6-5-7-13-9-10/h5-7,9,11H,3-4,8H2,1-2H3,(H,14,15). The molecule has 106 valence electrons. The molecule has 1 heterocycles. The van der Waals surface area contributed by atoms with Gasteiger partial charge in [-0.1, -0.05) is 6.07 Å². The van der Waals surface area contributed by atoms with E-state index < -0.39 is 19.2 Å². The van der Waals surface area contributed by atoms with Crippen molar-refractivity contribution in [2.75, 3.05) is 13.2 Å². The predicted molar refractivity (Wildman–Crippen MR) is 70.2 cm³/mol. The van der Waals surface area contributed by atoms with E-state index >= 15 is 0 Å². The molecule has 1 aromatic rings. The molecule has 0 fully saturated rings. The molecule has 0 bridgehead atoms. The van der Waals surface area contributed by atoms with Crippen LogP contribution in [-0.4, -0.2) is 34.9 Å². The van der Waals surface area contributed by atoms with Crippen molar-refractivity contribution < 1.29 is 23.5 Å². The van der Waals surface area contributed by atoms with E-state index in [1.165, 1.54) is 6.20 Å². The Morgan fingerprint density at radius 2 is 2.05 bits per heavy atom. The van der Waals surface area contributed by atoms with Gasteiger partial charge in [0.25, 0.3) is 0 Å². The lowest BCUT2D eigenvalue weighted by Crippen LogP contribution is -2.25. The number of carboxylic acids is 1. The first-order valence-electron chi connectivity index (χ1n) is 6.04. The van der Waals surface area contributed by atoms with E-state index in [-0.39, 0.29) is 19.6 Å². The summed E-state index contributed by atoms with van der Waals surface area (Å²) in [5.41, 5.74) is -0.550. The van der Waals surface area contributed by atoms with E-state index in [0.717, 1.165) is 0 Å². The highest BCUT2D eigenvalue weighted by molar-refractivity contribution is 7.55. The molecule has 0 aliphatic carbocycles. The summed E-state index contributed by atoms with van der Waals surface area (Å²) < 4.78 is 22.7. The molecule has 1 unspecified atom stereocenters. The number of aliphatic carboxylic acids is 1. The molecular weight excluding hydrogens is 269 g/mol. The Morgan fingerprint density at radius 1 is 1.42 bits per heavy atom. The average molecular weight is 287 g/mol. The number of hydrogen-bond acceptors (Lipinski definition) is 5. The zero-order valence-corrected chi connectivity index (χ0v) is 11.9. The van der Waals surface area contributed by atoms with Gasteiger partial charge in [0, 0.05) is 12.4 Å². The number of carboxylic acid groups (broad SMARTS) is 1. The molecule has 19 heavy (non-hydrogen) atoms. The van der Waals surface area contributed by atoms with Crippen LogP contribution in [0.15, 0.2) is 24.5 Å². The van der Waals surface area contributed by atoms with Gasteiger partial charge in [-0.15, -0.1) is 0 Å². The van der Waals surface area contributed by atoms with Crippen LogP contribution >= 0.6 is 7.60 Å². The van der Waals surface area contributed by atoms with Crippen LogP contribution in [0.2, 0.25) is 0 Å². The third-order valence-electron chi connectivity index (χ3n) is 2.44. The predicted octanol–water partition coefficient (Wildman–Crippen LogP) is 2.34. The fourth-order valence-corrected chi connectivity index (χ4v) is 3.51. The van der Waals surface area contributed by atoms with Gasteiger partial charge >= 0.3 is 13.6 Å². The molecule has 0 saturated carbocycles. The highest BCUT2D eigenvalue weighted by Gasteiger charge is 2.41. The Bertz CT molecular complexity index is 441. The zero-order valence-electron chi connectivity index (χ0n) is 11.0. The maximum Gasteiger partial charge on any atom is 0.345 e. The Morgan fingerprint density at radius 3 is 2.47 bits per heavy atom. The minimum Gasteiger partial charge on any atom is -0.481 e. The summed E-state index contributed by atoms with van der Waals surface area (Å²) in [6.45, 7) is 3.56. The number of rotatable bonds is 8. The van der Waals surface area contributed by atoms with Gasteiger partial charge in [-0.25, -0.2) is 0 Å². The number of aromatic nitrogens is 1. The summed E-state index contributed by atoms with van der Waals surface area (Å²) in [6, 6.07) is 3.42. The average Bonchev–Trinajstić information content (AvgIpc) is 2.37. The van der Waals surface area contributed by atoms with Crippen molar-refractivity contribution in [3.63, 3.8) is 0 Å². The van der Waals surface area contributed by atoms with E-state index in [9.17, 15) is 14.5 Å². The van der Waals surface area contributed by atoms with Crippen molar-refractivity contribution in [3.8, 4) is 0 Å². The second kappa shape index (κ2) is 7.38. The fraction of sp³-hybridized carbons (Fsp3) is 0.500. The molecule has 0 aliphatic heterocycles. The largest absolute Gasteiger partial charge is 0.481 e. The van der Waals surface area contributed by atoms with Gasteiger partial charge in [0.05, 0.1) is 13.2 Å². The first-order valence-corrected chi connectivity index (χ1v) is 7.65. The van der Waals surface area contributed by atoms with Crippen LogP contribution in [-0.2, 0) is 24.8 Å². The van der Waals surface area contributed by atoms with Gasteiger partial charge in [0.1, 0.15) is 0 Å². The van der Waals surface area contributed by atoms with Crippen LogP contribution in [0, 0.1) is 0 Å². The van der Waals surface area contributed by atoms with Crippen molar-refractivity contribution in [1.82, 2.24) is 4.98 Å². The minimum absolute atomic E-state index is 0.0560. The topological polar surface area (TPSA) is 85.7 Å². The van der Waals surface area contributed by atoms with Crippen LogP contribution in [0.4, 0.5) is 0 Å². The van der Waals surface area contributed by atoms with Crippen molar-refractivity contribution >= 4 is 13.6 Å². The molecule has 7 heteroatoms. The van der Waals surface area contributed by atoms with Gasteiger partial charge in [0.15, 0.2) is 5.66 Å². The number of nitrogens with zero attached hydrogens (tertiary/aromatic N) is 1. The van der Waals surface area contributed by atoms with Gasteiger partial charge in [-0.2, -0.15) is 0 Å². The van der Waals surface area contributed by atoms with Crippen molar-refractivity contribution in [1.29, 1.82) is 0 Å². The van der Waals surface area contributed by atoms with Gasteiger partial charge in [0.2, 0.25) is 0 Å². The van der Waals surface area contributed by atoms with Crippen LogP contribution in [0.25, 0.3) is 0 Å². The molecule has 6 nitrogen and oxygen atoms in total. The van der Waals surface area contributed by atoms with Crippen molar-refractivity contribution in [2.45, 2.75) is 25.9 Å². The van der Waals surface area contributed by atoms with Crippen LogP contribution in [0.5, 0.6) is 0 Å². The first kappa shape index (κ1) is 15.8. The Kier molecular flexibility index (Phi) is 6.15. The summed E-state index contributed by atoms with van der Waals surface area (Å²) in [5.74, 6) is -1.20. The quantitative estimate of drug-likeness (QED) is 0.739. The summed E-state index contributed by atoms with van der Waals surface area (Å²) >= 11 is 0. The highest BCUT2D eigenvalue weighted by atomic mass is 31.2. The zero-order chi connectivity index (χ0) is 14.3. The maximum absolute atomic E-state index is 12.5. The van der Waals surface area contributed by atoms with Crippen LogP contribution < -0.4 is 0 Å². The normalized spacial score (nSPS) is 13.2. The van der Waals surface area contributed by atoms with Crippen molar-refractivity contribution in [3.05, 3.63) is 30.1 Å². The molecule has 1 N–H and O–H groups in total. The molecule has 1 atom stereocenters. The lowest BCUT2D eigenvalue weighted by Gasteiger charge is -2.23. The first-order chi connectivity index (χ1) is 9.03.